The van der Waals surface area contributed by atoms with Crippen molar-refractivity contribution in [3.05, 3.63) is 65.7 Å². The molecule has 2 aromatic rings. The Bertz CT molecular complexity index is 792. The Hall–Kier alpha value is -2.86. The van der Waals surface area contributed by atoms with Gasteiger partial charge < -0.3 is 21.1 Å². The summed E-state index contributed by atoms with van der Waals surface area (Å²) >= 11 is 0. The highest BCUT2D eigenvalue weighted by Gasteiger charge is 2.35. The van der Waals surface area contributed by atoms with Crippen molar-refractivity contribution in [3.63, 3.8) is 0 Å². The van der Waals surface area contributed by atoms with Crippen molar-refractivity contribution in [3.8, 4) is 5.75 Å². The average molecular weight is 381 g/mol. The van der Waals surface area contributed by atoms with Gasteiger partial charge in [0.25, 0.3) is 0 Å². The number of likely N-dealkylation sites (tertiary alicyclic amines) is 1. The van der Waals surface area contributed by atoms with E-state index in [4.69, 9.17) is 5.73 Å². The van der Waals surface area contributed by atoms with E-state index in [1.807, 2.05) is 42.5 Å². The van der Waals surface area contributed by atoms with Crippen molar-refractivity contribution < 1.29 is 14.7 Å². The second-order valence-electron chi connectivity index (χ2n) is 7.19. The minimum Gasteiger partial charge on any atom is -0.508 e. The molecule has 2 aromatic carbocycles. The van der Waals surface area contributed by atoms with Gasteiger partial charge in [0.1, 0.15) is 11.8 Å². The largest absolute Gasteiger partial charge is 0.508 e. The highest BCUT2D eigenvalue weighted by atomic mass is 16.3. The van der Waals surface area contributed by atoms with Gasteiger partial charge in [0.2, 0.25) is 11.8 Å². The lowest BCUT2D eigenvalue weighted by atomic mass is 10.1. The Morgan fingerprint density at radius 3 is 2.54 bits per heavy atom. The Kier molecular flexibility index (Phi) is 6.66. The molecular formula is C22H27N3O3. The van der Waals surface area contributed by atoms with Crippen LogP contribution < -0.4 is 11.1 Å². The van der Waals surface area contributed by atoms with E-state index in [9.17, 15) is 14.7 Å². The van der Waals surface area contributed by atoms with E-state index in [1.165, 1.54) is 0 Å². The third kappa shape index (κ3) is 5.10. The van der Waals surface area contributed by atoms with Crippen LogP contribution in [-0.2, 0) is 22.4 Å². The van der Waals surface area contributed by atoms with Gasteiger partial charge in [-0.2, -0.15) is 0 Å². The summed E-state index contributed by atoms with van der Waals surface area (Å²) in [4.78, 5) is 27.0. The number of nitrogens with one attached hydrogen (secondary N) is 1. The lowest BCUT2D eigenvalue weighted by Crippen LogP contribution is -2.52. The summed E-state index contributed by atoms with van der Waals surface area (Å²) < 4.78 is 0. The number of hydrogen-bond acceptors (Lipinski definition) is 4. The summed E-state index contributed by atoms with van der Waals surface area (Å²) in [6.07, 6.45) is 2.60. The number of phenolic OH excluding ortho intramolecular Hbond substituents is 1. The number of hydrogen-bond donors (Lipinski definition) is 3. The molecule has 2 atom stereocenters. The number of nitrogens with two attached hydrogens (primary N) is 1. The molecular weight excluding hydrogens is 354 g/mol. The third-order valence-corrected chi connectivity index (χ3v) is 5.10. The van der Waals surface area contributed by atoms with E-state index in [1.54, 1.807) is 17.0 Å². The van der Waals surface area contributed by atoms with Gasteiger partial charge in [0.05, 0.1) is 6.04 Å². The number of phenols is 1. The normalized spacial score (nSPS) is 17.3. The van der Waals surface area contributed by atoms with Crippen LogP contribution in [-0.4, -0.2) is 47.0 Å². The van der Waals surface area contributed by atoms with Crippen molar-refractivity contribution >= 4 is 11.8 Å². The minimum absolute atomic E-state index is 0.128. The predicted octanol–water partition coefficient (Wildman–Crippen LogP) is 1.61. The fourth-order valence-electron chi connectivity index (χ4n) is 3.58. The maximum Gasteiger partial charge on any atom is 0.242 e. The van der Waals surface area contributed by atoms with Crippen LogP contribution in [0, 0.1) is 0 Å². The molecule has 0 aliphatic carbocycles. The fourth-order valence-corrected chi connectivity index (χ4v) is 3.58. The molecule has 1 fully saturated rings. The number of benzene rings is 2. The van der Waals surface area contributed by atoms with Crippen LogP contribution in [0.1, 0.15) is 24.0 Å². The third-order valence-electron chi connectivity index (χ3n) is 5.10. The van der Waals surface area contributed by atoms with Crippen LogP contribution in [0.5, 0.6) is 5.75 Å². The van der Waals surface area contributed by atoms with Crippen LogP contribution in [0.3, 0.4) is 0 Å². The van der Waals surface area contributed by atoms with Gasteiger partial charge in [-0.05, 0) is 48.9 Å². The summed E-state index contributed by atoms with van der Waals surface area (Å²) in [5.74, 6) is -0.0729. The zero-order valence-corrected chi connectivity index (χ0v) is 15.9. The maximum absolute atomic E-state index is 12.8. The molecule has 6 nitrogen and oxygen atoms in total. The molecule has 1 aliphatic rings. The standard InChI is InChI=1S/C22H27N3O3/c23-19(15-17-5-2-1-3-6-17)22(28)25-14-4-7-20(25)21(27)24-13-12-16-8-10-18(26)11-9-16/h1-3,5-6,8-11,19-20,26H,4,7,12-15,23H2,(H,24,27)/t19-,20+/m1/s1. The molecule has 0 aromatic heterocycles. The molecule has 28 heavy (non-hydrogen) atoms. The monoisotopic (exact) mass is 381 g/mol. The summed E-state index contributed by atoms with van der Waals surface area (Å²) in [5, 5.41) is 12.2. The van der Waals surface area contributed by atoms with Gasteiger partial charge in [-0.25, -0.2) is 0 Å². The molecule has 0 unspecified atom stereocenters. The highest BCUT2D eigenvalue weighted by Crippen LogP contribution is 2.19. The lowest BCUT2D eigenvalue weighted by molar-refractivity contribution is -0.139. The number of amides is 2. The topological polar surface area (TPSA) is 95.7 Å². The van der Waals surface area contributed by atoms with Crippen LogP contribution >= 0.6 is 0 Å². The van der Waals surface area contributed by atoms with E-state index < -0.39 is 12.1 Å². The Labute approximate surface area is 165 Å². The van der Waals surface area contributed by atoms with Crippen molar-refractivity contribution in [2.75, 3.05) is 13.1 Å². The molecule has 148 valence electrons. The number of carbonyl (C=O) groups is 2. The SMILES string of the molecule is N[C@H](Cc1ccccc1)C(=O)N1CCC[C@H]1C(=O)NCCc1ccc(O)cc1. The van der Waals surface area contributed by atoms with Crippen molar-refractivity contribution in [1.82, 2.24) is 10.2 Å². The molecule has 6 heteroatoms. The van der Waals surface area contributed by atoms with E-state index in [0.717, 1.165) is 17.5 Å². The van der Waals surface area contributed by atoms with E-state index in [2.05, 4.69) is 5.32 Å². The molecule has 0 saturated carbocycles. The fraction of sp³-hybridized carbons (Fsp3) is 0.364. The number of carbonyl (C=O) groups excluding carboxylic acids is 2. The molecule has 0 bridgehead atoms. The smallest absolute Gasteiger partial charge is 0.242 e. The zero-order chi connectivity index (χ0) is 19.9. The van der Waals surface area contributed by atoms with Gasteiger partial charge in [0.15, 0.2) is 0 Å². The Morgan fingerprint density at radius 1 is 1.11 bits per heavy atom. The first kappa shape index (κ1) is 19.9. The zero-order valence-electron chi connectivity index (χ0n) is 15.9. The van der Waals surface area contributed by atoms with Crippen molar-refractivity contribution in [2.45, 2.75) is 37.8 Å². The van der Waals surface area contributed by atoms with Crippen LogP contribution in [0.4, 0.5) is 0 Å². The summed E-state index contributed by atoms with van der Waals surface area (Å²) in [6, 6.07) is 15.5. The first-order valence-corrected chi connectivity index (χ1v) is 9.70. The van der Waals surface area contributed by atoms with Gasteiger partial charge in [-0.3, -0.25) is 9.59 Å². The first-order valence-electron chi connectivity index (χ1n) is 9.70. The van der Waals surface area contributed by atoms with E-state index in [-0.39, 0.29) is 17.6 Å². The average Bonchev–Trinajstić information content (AvgIpc) is 3.19. The minimum atomic E-state index is -0.646. The second-order valence-corrected chi connectivity index (χ2v) is 7.19. The van der Waals surface area contributed by atoms with Gasteiger partial charge in [-0.1, -0.05) is 42.5 Å². The second kappa shape index (κ2) is 9.37. The van der Waals surface area contributed by atoms with Crippen LogP contribution in [0.25, 0.3) is 0 Å². The Morgan fingerprint density at radius 2 is 1.82 bits per heavy atom. The molecule has 2 amide bonds. The molecule has 3 rings (SSSR count). The predicted molar refractivity (Wildman–Crippen MR) is 108 cm³/mol. The highest BCUT2D eigenvalue weighted by molar-refractivity contribution is 5.90. The summed E-state index contributed by atoms with van der Waals surface area (Å²) in [7, 11) is 0. The van der Waals surface area contributed by atoms with Crippen LogP contribution in [0.15, 0.2) is 54.6 Å². The van der Waals surface area contributed by atoms with Crippen LogP contribution in [0.2, 0.25) is 0 Å². The molecule has 1 heterocycles. The lowest BCUT2D eigenvalue weighted by Gasteiger charge is -2.26. The Balaban J connectivity index is 1.51. The summed E-state index contributed by atoms with van der Waals surface area (Å²) in [5.41, 5.74) is 8.18. The molecule has 0 spiro atoms. The molecule has 0 radical (unpaired) electrons. The number of aromatic hydroxyl groups is 1. The van der Waals surface area contributed by atoms with E-state index >= 15 is 0 Å². The van der Waals surface area contributed by atoms with Gasteiger partial charge in [-0.15, -0.1) is 0 Å². The van der Waals surface area contributed by atoms with Crippen molar-refractivity contribution in [2.24, 2.45) is 5.73 Å². The molecule has 1 aliphatic heterocycles. The van der Waals surface area contributed by atoms with Gasteiger partial charge in [0, 0.05) is 13.1 Å². The quantitative estimate of drug-likeness (QED) is 0.679. The molecule has 4 N–H and O–H groups in total. The maximum atomic E-state index is 12.8. The molecule has 1 saturated heterocycles. The summed E-state index contributed by atoms with van der Waals surface area (Å²) in [6.45, 7) is 1.05. The van der Waals surface area contributed by atoms with E-state index in [0.29, 0.717) is 32.4 Å². The number of rotatable bonds is 7. The first-order chi connectivity index (χ1) is 13.5. The van der Waals surface area contributed by atoms with Gasteiger partial charge >= 0.3 is 0 Å². The van der Waals surface area contributed by atoms with Crippen molar-refractivity contribution in [1.29, 1.82) is 0 Å². The number of nitrogens with zero attached hydrogens (tertiary/aromatic N) is 1.